The normalized spacial score (nSPS) is 12.2. The molecule has 0 aliphatic heterocycles. The molecule has 2 aromatic heterocycles. The largest absolute Gasteiger partial charge is 0.480 e. The molecule has 19 heavy (non-hydrogen) atoms. The van der Waals surface area contributed by atoms with Gasteiger partial charge in [-0.05, 0) is 4.92 Å². The van der Waals surface area contributed by atoms with Gasteiger partial charge in [-0.15, -0.1) is 0 Å². The van der Waals surface area contributed by atoms with Crippen molar-refractivity contribution in [3.63, 3.8) is 0 Å². The van der Waals surface area contributed by atoms with Gasteiger partial charge in [-0.1, -0.05) is 0 Å². The summed E-state index contributed by atoms with van der Waals surface area (Å²) in [5.74, 6) is 0.596. The Balaban J connectivity index is 2.44. The summed E-state index contributed by atoms with van der Waals surface area (Å²) in [6.07, 6.45) is 4.17. The summed E-state index contributed by atoms with van der Waals surface area (Å²) < 4.78 is 6.44. The lowest BCUT2D eigenvalue weighted by Crippen LogP contribution is -2.08. The first-order chi connectivity index (χ1) is 9.06. The summed E-state index contributed by atoms with van der Waals surface area (Å²) >= 11 is 4.40. The Morgan fingerprint density at radius 1 is 1.42 bits per heavy atom. The molecule has 0 radical (unpaired) electrons. The molecule has 0 aromatic carbocycles. The average molecular weight is 281 g/mol. The Bertz CT molecular complexity index is 615. The van der Waals surface area contributed by atoms with Crippen molar-refractivity contribution in [2.24, 2.45) is 7.05 Å². The first kappa shape index (κ1) is 13.3. The summed E-state index contributed by atoms with van der Waals surface area (Å²) in [5, 5.41) is 10.2. The van der Waals surface area contributed by atoms with Gasteiger partial charge in [0.1, 0.15) is 17.1 Å². The van der Waals surface area contributed by atoms with Crippen molar-refractivity contribution in [1.29, 1.82) is 0 Å². The van der Waals surface area contributed by atoms with E-state index in [2.05, 4.69) is 27.6 Å². The molecule has 8 nitrogen and oxygen atoms in total. The van der Waals surface area contributed by atoms with Crippen molar-refractivity contribution in [1.82, 2.24) is 19.5 Å². The summed E-state index contributed by atoms with van der Waals surface area (Å²) in [5.41, 5.74) is 0.455. The van der Waals surface area contributed by atoms with Crippen molar-refractivity contribution in [3.8, 4) is 5.88 Å². The Hall–Kier alpha value is -2.16. The molecule has 0 bridgehead atoms. The van der Waals surface area contributed by atoms with E-state index in [9.17, 15) is 10.1 Å². The number of nitrogens with zero attached hydrogens (tertiary/aromatic N) is 5. The second-order valence-corrected chi connectivity index (χ2v) is 4.16. The predicted molar refractivity (Wildman–Crippen MR) is 69.3 cm³/mol. The van der Waals surface area contributed by atoms with Gasteiger partial charge in [0.2, 0.25) is 11.7 Å². The second kappa shape index (κ2) is 5.22. The van der Waals surface area contributed by atoms with E-state index in [1.165, 1.54) is 30.3 Å². The van der Waals surface area contributed by atoms with Crippen molar-refractivity contribution >= 4 is 18.4 Å². The fraction of sp³-hybridized carbons (Fsp3) is 0.300. The third kappa shape index (κ3) is 2.36. The van der Waals surface area contributed by atoms with Crippen LogP contribution in [0.5, 0.6) is 5.88 Å². The van der Waals surface area contributed by atoms with Crippen LogP contribution in [-0.2, 0) is 7.05 Å². The number of aromatic nitrogens is 4. The molecule has 2 rings (SSSR count). The van der Waals surface area contributed by atoms with Crippen LogP contribution < -0.4 is 4.74 Å². The van der Waals surface area contributed by atoms with Gasteiger partial charge >= 0.3 is 5.82 Å². The van der Waals surface area contributed by atoms with Gasteiger partial charge in [0, 0.05) is 12.4 Å². The number of nitro groups is 1. The lowest BCUT2D eigenvalue weighted by Gasteiger charge is -2.10. The van der Waals surface area contributed by atoms with Crippen LogP contribution in [0.1, 0.15) is 16.8 Å². The number of methoxy groups -OCH3 is 1. The number of ether oxygens (including phenoxy) is 1. The smallest absolute Gasteiger partial charge is 0.342 e. The summed E-state index contributed by atoms with van der Waals surface area (Å²) in [4.78, 5) is 22.4. The molecule has 0 aliphatic carbocycles. The van der Waals surface area contributed by atoms with E-state index >= 15 is 0 Å². The summed E-state index contributed by atoms with van der Waals surface area (Å²) in [6, 6.07) is 0. The van der Waals surface area contributed by atoms with Gasteiger partial charge < -0.3 is 14.9 Å². The molecule has 0 saturated heterocycles. The van der Waals surface area contributed by atoms with Crippen molar-refractivity contribution in [3.05, 3.63) is 40.2 Å². The molecule has 1 unspecified atom stereocenters. The number of hydrogen-bond acceptors (Lipinski definition) is 7. The Morgan fingerprint density at radius 2 is 2.11 bits per heavy atom. The molecule has 1 atom stereocenters. The summed E-state index contributed by atoms with van der Waals surface area (Å²) in [7, 11) is 3.02. The Labute approximate surface area is 114 Å². The highest BCUT2D eigenvalue weighted by molar-refractivity contribution is 7.80. The molecule has 2 aromatic rings. The van der Waals surface area contributed by atoms with Gasteiger partial charge in [-0.25, -0.2) is 14.5 Å². The zero-order valence-electron chi connectivity index (χ0n) is 10.2. The first-order valence-corrected chi connectivity index (χ1v) is 5.76. The molecule has 0 aliphatic rings. The van der Waals surface area contributed by atoms with Crippen LogP contribution in [0.3, 0.4) is 0 Å². The van der Waals surface area contributed by atoms with Gasteiger partial charge in [0.05, 0.1) is 14.2 Å². The molecule has 0 amide bonds. The number of hydrogen-bond donors (Lipinski definition) is 1. The predicted octanol–water partition coefficient (Wildman–Crippen LogP) is 1.15. The number of imidazole rings is 1. The van der Waals surface area contributed by atoms with Crippen LogP contribution in [-0.4, -0.2) is 31.6 Å². The minimum atomic E-state index is -0.567. The van der Waals surface area contributed by atoms with Crippen molar-refractivity contribution in [2.45, 2.75) is 5.25 Å². The SMILES string of the molecule is COc1nccnc1C(S)c1ncc([N+](=O)[O-])n1C. The maximum atomic E-state index is 10.8. The highest BCUT2D eigenvalue weighted by Crippen LogP contribution is 2.31. The first-order valence-electron chi connectivity index (χ1n) is 5.25. The maximum absolute atomic E-state index is 10.8. The monoisotopic (exact) mass is 281 g/mol. The highest BCUT2D eigenvalue weighted by Gasteiger charge is 2.27. The zero-order chi connectivity index (χ0) is 14.0. The number of rotatable bonds is 4. The molecule has 9 heteroatoms. The molecule has 0 saturated carbocycles. The lowest BCUT2D eigenvalue weighted by atomic mass is 10.3. The second-order valence-electron chi connectivity index (χ2n) is 3.64. The standard InChI is InChI=1S/C10H11N5O3S/c1-14-6(15(16)17)5-13-9(14)8(19)7-10(18-2)12-4-3-11-7/h3-5,8,19H,1-2H3. The average Bonchev–Trinajstić information content (AvgIpc) is 2.80. The molecular formula is C10H11N5O3S. The van der Waals surface area contributed by atoms with Crippen LogP contribution in [0.4, 0.5) is 5.82 Å². The molecule has 0 fully saturated rings. The van der Waals surface area contributed by atoms with Crippen LogP contribution in [0.15, 0.2) is 18.6 Å². The third-order valence-corrected chi connectivity index (χ3v) is 3.05. The van der Waals surface area contributed by atoms with Crippen LogP contribution in [0.2, 0.25) is 0 Å². The highest BCUT2D eigenvalue weighted by atomic mass is 32.1. The molecule has 0 N–H and O–H groups in total. The van der Waals surface area contributed by atoms with Gasteiger partial charge in [-0.3, -0.25) is 4.98 Å². The quantitative estimate of drug-likeness (QED) is 0.513. The topological polar surface area (TPSA) is 96.0 Å². The van der Waals surface area contributed by atoms with Crippen LogP contribution in [0.25, 0.3) is 0 Å². The fourth-order valence-corrected chi connectivity index (χ4v) is 2.06. The van der Waals surface area contributed by atoms with E-state index < -0.39 is 10.2 Å². The van der Waals surface area contributed by atoms with Crippen LogP contribution in [0, 0.1) is 10.1 Å². The molecule has 100 valence electrons. The number of thiol groups is 1. The Kier molecular flexibility index (Phi) is 3.65. The lowest BCUT2D eigenvalue weighted by molar-refractivity contribution is -0.391. The van der Waals surface area contributed by atoms with Gasteiger partial charge in [0.25, 0.3) is 0 Å². The Morgan fingerprint density at radius 3 is 2.68 bits per heavy atom. The van der Waals surface area contributed by atoms with Crippen LogP contribution >= 0.6 is 12.6 Å². The maximum Gasteiger partial charge on any atom is 0.342 e. The third-order valence-electron chi connectivity index (χ3n) is 2.57. The summed E-state index contributed by atoms with van der Waals surface area (Å²) in [6.45, 7) is 0. The van der Waals surface area contributed by atoms with E-state index in [1.807, 2.05) is 0 Å². The van der Waals surface area contributed by atoms with Gasteiger partial charge in [-0.2, -0.15) is 12.6 Å². The molecular weight excluding hydrogens is 270 g/mol. The fourth-order valence-electron chi connectivity index (χ4n) is 1.64. The van der Waals surface area contributed by atoms with E-state index in [0.29, 0.717) is 17.4 Å². The zero-order valence-corrected chi connectivity index (χ0v) is 11.1. The van der Waals surface area contributed by atoms with E-state index in [0.717, 1.165) is 0 Å². The molecule has 2 heterocycles. The minimum absolute atomic E-state index is 0.114. The van der Waals surface area contributed by atoms with Gasteiger partial charge in [0.15, 0.2) is 0 Å². The molecule has 0 spiro atoms. The van der Waals surface area contributed by atoms with Crippen molar-refractivity contribution in [2.75, 3.05) is 7.11 Å². The van der Waals surface area contributed by atoms with E-state index in [-0.39, 0.29) is 5.82 Å². The van der Waals surface area contributed by atoms with E-state index in [1.54, 1.807) is 7.05 Å². The minimum Gasteiger partial charge on any atom is -0.480 e. The van der Waals surface area contributed by atoms with E-state index in [4.69, 9.17) is 4.74 Å². The van der Waals surface area contributed by atoms with Crippen molar-refractivity contribution < 1.29 is 9.66 Å².